The van der Waals surface area contributed by atoms with Crippen LogP contribution in [0.2, 0.25) is 0 Å². The van der Waals surface area contributed by atoms with Crippen molar-refractivity contribution in [3.05, 3.63) is 36.0 Å². The predicted octanol–water partition coefficient (Wildman–Crippen LogP) is 1.34. The number of anilines is 1. The van der Waals surface area contributed by atoms with E-state index in [0.29, 0.717) is 23.1 Å². The summed E-state index contributed by atoms with van der Waals surface area (Å²) in [6, 6.07) is 7.27. The Hall–Kier alpha value is -2.83. The molecule has 0 saturated carbocycles. The molecule has 1 aromatic heterocycles. The fraction of sp³-hybridized carbons (Fsp3) is 0.214. The number of guanidine groups is 1. The Morgan fingerprint density at radius 3 is 2.71 bits per heavy atom. The maximum atomic E-state index is 11.5. The number of hydrazone groups is 1. The molecule has 2 rings (SSSR count). The Morgan fingerprint density at radius 2 is 2.10 bits per heavy atom. The van der Waals surface area contributed by atoms with Gasteiger partial charge in [0, 0.05) is 18.1 Å². The number of carboxylic acid groups (broad SMARTS) is 1. The maximum Gasteiger partial charge on any atom is 0.339 e. The van der Waals surface area contributed by atoms with Crippen LogP contribution in [0.5, 0.6) is 0 Å². The average molecular weight is 287 g/mol. The van der Waals surface area contributed by atoms with Crippen LogP contribution in [0.15, 0.2) is 35.6 Å². The van der Waals surface area contributed by atoms with Gasteiger partial charge in [-0.25, -0.2) is 4.79 Å². The molecule has 7 nitrogen and oxygen atoms in total. The lowest BCUT2D eigenvalue weighted by molar-refractivity contribution is 0.0697. The number of nitrogens with two attached hydrogens (primary N) is 2. The van der Waals surface area contributed by atoms with Crippen LogP contribution in [0.4, 0.5) is 5.69 Å². The van der Waals surface area contributed by atoms with Gasteiger partial charge in [-0.2, -0.15) is 0 Å². The SMILES string of the molecule is CCCN(N=C(N)N)c1c(C(=O)O)cnc2ccccc12. The summed E-state index contributed by atoms with van der Waals surface area (Å²) in [6.45, 7) is 2.45. The van der Waals surface area contributed by atoms with Crippen molar-refractivity contribution in [2.45, 2.75) is 13.3 Å². The molecule has 0 bridgehead atoms. The molecule has 0 unspecified atom stereocenters. The van der Waals surface area contributed by atoms with Gasteiger partial charge in [0.2, 0.25) is 5.96 Å². The average Bonchev–Trinajstić information content (AvgIpc) is 2.45. The second kappa shape index (κ2) is 6.08. The first kappa shape index (κ1) is 14.6. The third-order valence-corrected chi connectivity index (χ3v) is 2.91. The number of carbonyl (C=O) groups is 1. The van der Waals surface area contributed by atoms with Gasteiger partial charge in [0.15, 0.2) is 0 Å². The van der Waals surface area contributed by atoms with Crippen molar-refractivity contribution in [1.29, 1.82) is 0 Å². The number of aromatic carboxylic acids is 1. The number of hydrogen-bond acceptors (Lipinski definition) is 4. The van der Waals surface area contributed by atoms with E-state index < -0.39 is 5.97 Å². The molecule has 0 saturated heterocycles. The largest absolute Gasteiger partial charge is 0.478 e. The lowest BCUT2D eigenvalue weighted by Crippen LogP contribution is -2.30. The van der Waals surface area contributed by atoms with E-state index in [2.05, 4.69) is 10.1 Å². The molecule has 0 fully saturated rings. The Balaban J connectivity index is 2.75. The zero-order chi connectivity index (χ0) is 15.4. The van der Waals surface area contributed by atoms with Crippen molar-refractivity contribution in [2.75, 3.05) is 11.6 Å². The highest BCUT2D eigenvalue weighted by Gasteiger charge is 2.19. The lowest BCUT2D eigenvalue weighted by atomic mass is 10.1. The van der Waals surface area contributed by atoms with Crippen molar-refractivity contribution >= 4 is 28.5 Å². The van der Waals surface area contributed by atoms with E-state index in [9.17, 15) is 9.90 Å². The monoisotopic (exact) mass is 287 g/mol. The molecule has 0 aliphatic carbocycles. The highest BCUT2D eigenvalue weighted by atomic mass is 16.4. The molecule has 7 heteroatoms. The summed E-state index contributed by atoms with van der Waals surface area (Å²) in [6.07, 6.45) is 2.08. The number of aromatic nitrogens is 1. The van der Waals surface area contributed by atoms with Crippen LogP contribution in [-0.4, -0.2) is 28.6 Å². The maximum absolute atomic E-state index is 11.5. The number of rotatable bonds is 5. The van der Waals surface area contributed by atoms with Crippen LogP contribution >= 0.6 is 0 Å². The van der Waals surface area contributed by atoms with Gasteiger partial charge < -0.3 is 16.6 Å². The standard InChI is InChI=1S/C14H17N5O2/c1-2-7-19(18-14(15)16)12-9-5-3-4-6-11(9)17-8-10(12)13(20)21/h3-6,8H,2,7H2,1H3,(H,20,21)(H4,15,16,18). The van der Waals surface area contributed by atoms with Crippen molar-refractivity contribution in [3.63, 3.8) is 0 Å². The summed E-state index contributed by atoms with van der Waals surface area (Å²) in [5, 5.41) is 15.7. The molecule has 1 aromatic carbocycles. The van der Waals surface area contributed by atoms with Crippen LogP contribution in [-0.2, 0) is 0 Å². The van der Waals surface area contributed by atoms with E-state index in [0.717, 1.165) is 6.42 Å². The summed E-state index contributed by atoms with van der Waals surface area (Å²) < 4.78 is 0. The summed E-state index contributed by atoms with van der Waals surface area (Å²) in [4.78, 5) is 15.6. The van der Waals surface area contributed by atoms with E-state index in [-0.39, 0.29) is 11.5 Å². The van der Waals surface area contributed by atoms with Gasteiger partial charge in [0.25, 0.3) is 0 Å². The van der Waals surface area contributed by atoms with Gasteiger partial charge in [-0.1, -0.05) is 25.1 Å². The molecule has 0 spiro atoms. The quantitative estimate of drug-likeness (QED) is 0.434. The van der Waals surface area contributed by atoms with E-state index in [4.69, 9.17) is 11.5 Å². The van der Waals surface area contributed by atoms with E-state index in [1.54, 1.807) is 6.07 Å². The minimum atomic E-state index is -1.07. The number of fused-ring (bicyclic) bond motifs is 1. The van der Waals surface area contributed by atoms with Crippen LogP contribution in [0.3, 0.4) is 0 Å². The topological polar surface area (TPSA) is 118 Å². The van der Waals surface area contributed by atoms with Crippen molar-refractivity contribution in [3.8, 4) is 0 Å². The summed E-state index contributed by atoms with van der Waals surface area (Å²) in [7, 11) is 0. The van der Waals surface area contributed by atoms with Gasteiger partial charge in [0.05, 0.1) is 11.2 Å². The zero-order valence-electron chi connectivity index (χ0n) is 11.7. The first-order valence-corrected chi connectivity index (χ1v) is 6.52. The molecule has 0 radical (unpaired) electrons. The number of benzene rings is 1. The number of nitrogens with zero attached hydrogens (tertiary/aromatic N) is 3. The molecule has 0 aliphatic rings. The van der Waals surface area contributed by atoms with Crippen LogP contribution < -0.4 is 16.5 Å². The van der Waals surface area contributed by atoms with E-state index >= 15 is 0 Å². The second-order valence-corrected chi connectivity index (χ2v) is 4.49. The fourth-order valence-electron chi connectivity index (χ4n) is 2.12. The molecule has 2 aromatic rings. The number of hydrogen-bond donors (Lipinski definition) is 3. The molecule has 110 valence electrons. The minimum Gasteiger partial charge on any atom is -0.478 e. The van der Waals surface area contributed by atoms with Gasteiger partial charge in [0.1, 0.15) is 5.56 Å². The van der Waals surface area contributed by atoms with E-state index in [1.165, 1.54) is 11.2 Å². The van der Waals surface area contributed by atoms with Gasteiger partial charge in [-0.05, 0) is 12.5 Å². The van der Waals surface area contributed by atoms with Crippen molar-refractivity contribution < 1.29 is 9.90 Å². The number of para-hydroxylation sites is 1. The first-order chi connectivity index (χ1) is 10.0. The number of pyridine rings is 1. The van der Waals surface area contributed by atoms with E-state index in [1.807, 2.05) is 25.1 Å². The Kier molecular flexibility index (Phi) is 4.22. The molecule has 1 heterocycles. The second-order valence-electron chi connectivity index (χ2n) is 4.49. The molecule has 5 N–H and O–H groups in total. The van der Waals surface area contributed by atoms with Crippen LogP contribution in [0, 0.1) is 0 Å². The summed E-state index contributed by atoms with van der Waals surface area (Å²) in [5.74, 6) is -1.20. The van der Waals surface area contributed by atoms with Gasteiger partial charge in [-0.3, -0.25) is 9.99 Å². The zero-order valence-corrected chi connectivity index (χ0v) is 11.7. The Morgan fingerprint density at radius 1 is 1.38 bits per heavy atom. The summed E-state index contributed by atoms with van der Waals surface area (Å²) >= 11 is 0. The molecular weight excluding hydrogens is 270 g/mol. The Labute approximate surface area is 121 Å². The Bertz CT molecular complexity index is 695. The first-order valence-electron chi connectivity index (χ1n) is 6.52. The summed E-state index contributed by atoms with van der Waals surface area (Å²) in [5.41, 5.74) is 12.1. The van der Waals surface area contributed by atoms with Crippen molar-refractivity contribution in [1.82, 2.24) is 4.98 Å². The normalized spacial score (nSPS) is 10.3. The molecule has 21 heavy (non-hydrogen) atoms. The lowest BCUT2D eigenvalue weighted by Gasteiger charge is -2.22. The van der Waals surface area contributed by atoms with Gasteiger partial charge >= 0.3 is 5.97 Å². The van der Waals surface area contributed by atoms with Gasteiger partial charge in [-0.15, -0.1) is 5.10 Å². The highest BCUT2D eigenvalue weighted by molar-refractivity contribution is 6.04. The van der Waals surface area contributed by atoms with Crippen molar-refractivity contribution in [2.24, 2.45) is 16.6 Å². The third kappa shape index (κ3) is 3.02. The molecular formula is C14H17N5O2. The van der Waals surface area contributed by atoms with Crippen LogP contribution in [0.1, 0.15) is 23.7 Å². The molecule has 0 amide bonds. The molecule has 0 atom stereocenters. The minimum absolute atomic E-state index is 0.0622. The molecule has 0 aliphatic heterocycles. The predicted molar refractivity (Wildman–Crippen MR) is 82.1 cm³/mol. The number of carboxylic acids is 1. The van der Waals surface area contributed by atoms with Crippen LogP contribution in [0.25, 0.3) is 10.9 Å². The smallest absolute Gasteiger partial charge is 0.339 e. The fourth-order valence-corrected chi connectivity index (χ4v) is 2.12. The third-order valence-electron chi connectivity index (χ3n) is 2.91. The highest BCUT2D eigenvalue weighted by Crippen LogP contribution is 2.30.